The van der Waals surface area contributed by atoms with E-state index in [4.69, 9.17) is 27.9 Å². The molecule has 2 amide bonds. The third-order valence-corrected chi connectivity index (χ3v) is 9.20. The van der Waals surface area contributed by atoms with Gasteiger partial charge in [-0.15, -0.1) is 0 Å². The lowest BCUT2D eigenvalue weighted by Crippen LogP contribution is -2.51. The monoisotopic (exact) mass is 594 g/mol. The predicted molar refractivity (Wildman–Crippen MR) is 150 cm³/mol. The number of sulfonamides is 1. The zero-order chi connectivity index (χ0) is 28.2. The average molecular weight is 596 g/mol. The molecule has 2 aromatic rings. The van der Waals surface area contributed by atoms with Crippen molar-refractivity contribution in [1.29, 1.82) is 0 Å². The number of ether oxygens (including phenoxy) is 1. The molecule has 9 nitrogen and oxygen atoms in total. The first-order valence-electron chi connectivity index (χ1n) is 12.9. The second-order valence-electron chi connectivity index (χ2n) is 9.25. The van der Waals surface area contributed by atoms with E-state index < -0.39 is 22.0 Å². The maximum Gasteiger partial charge on any atom is 0.338 e. The molecule has 0 aromatic heterocycles. The van der Waals surface area contributed by atoms with Crippen molar-refractivity contribution in [3.63, 3.8) is 0 Å². The lowest BCUT2D eigenvalue weighted by atomic mass is 9.94. The lowest BCUT2D eigenvalue weighted by Gasteiger charge is -2.38. The molecule has 0 bridgehead atoms. The van der Waals surface area contributed by atoms with Crippen LogP contribution in [0.1, 0.15) is 31.9 Å². The Hall–Kier alpha value is -2.63. The van der Waals surface area contributed by atoms with Crippen LogP contribution < -0.4 is 5.32 Å². The Morgan fingerprint density at radius 1 is 1.03 bits per heavy atom. The minimum Gasteiger partial charge on any atom is -0.463 e. The van der Waals surface area contributed by atoms with Crippen molar-refractivity contribution in [3.05, 3.63) is 75.4 Å². The molecule has 2 aliphatic rings. The van der Waals surface area contributed by atoms with E-state index in [1.54, 1.807) is 48.2 Å². The van der Waals surface area contributed by atoms with E-state index in [2.05, 4.69) is 10.2 Å². The highest BCUT2D eigenvalue weighted by atomic mass is 35.5. The van der Waals surface area contributed by atoms with Gasteiger partial charge in [0.25, 0.3) is 0 Å². The van der Waals surface area contributed by atoms with Crippen LogP contribution in [-0.2, 0) is 19.6 Å². The lowest BCUT2D eigenvalue weighted by molar-refractivity contribution is -0.139. The van der Waals surface area contributed by atoms with Crippen molar-refractivity contribution >= 4 is 45.2 Å². The first-order valence-corrected chi connectivity index (χ1v) is 15.1. The van der Waals surface area contributed by atoms with Gasteiger partial charge in [-0.25, -0.2) is 18.0 Å². The molecule has 210 valence electrons. The van der Waals surface area contributed by atoms with Gasteiger partial charge < -0.3 is 10.1 Å². The van der Waals surface area contributed by atoms with Crippen LogP contribution in [0.5, 0.6) is 0 Å². The highest BCUT2D eigenvalue weighted by Crippen LogP contribution is 2.33. The van der Waals surface area contributed by atoms with Crippen molar-refractivity contribution in [1.82, 2.24) is 19.4 Å². The van der Waals surface area contributed by atoms with Crippen molar-refractivity contribution in [2.75, 3.05) is 45.9 Å². The highest BCUT2D eigenvalue weighted by Gasteiger charge is 2.38. The van der Waals surface area contributed by atoms with Crippen LogP contribution in [0.25, 0.3) is 0 Å². The summed E-state index contributed by atoms with van der Waals surface area (Å²) >= 11 is 12.2. The maximum absolute atomic E-state index is 13.3. The number of benzene rings is 2. The number of carbonyl (C=O) groups is 2. The Morgan fingerprint density at radius 2 is 1.77 bits per heavy atom. The Labute approximate surface area is 239 Å². The molecule has 1 fully saturated rings. The summed E-state index contributed by atoms with van der Waals surface area (Å²) in [5.74, 6) is -0.516. The molecule has 0 radical (unpaired) electrons. The van der Waals surface area contributed by atoms with Crippen LogP contribution >= 0.6 is 23.2 Å². The molecule has 2 aromatic carbocycles. The van der Waals surface area contributed by atoms with E-state index in [0.717, 1.165) is 0 Å². The van der Waals surface area contributed by atoms with Gasteiger partial charge in [0.2, 0.25) is 10.0 Å². The quantitative estimate of drug-likeness (QED) is 0.458. The third kappa shape index (κ3) is 6.58. The fourth-order valence-corrected chi connectivity index (χ4v) is 6.70. The number of halogens is 2. The second-order valence-corrected chi connectivity index (χ2v) is 12.1. The second kappa shape index (κ2) is 12.7. The van der Waals surface area contributed by atoms with Gasteiger partial charge in [-0.3, -0.25) is 9.80 Å². The number of esters is 1. The van der Waals surface area contributed by atoms with Gasteiger partial charge in [0.15, 0.2) is 0 Å². The molecule has 2 heterocycles. The number of carbonyl (C=O) groups excluding carboxylic acids is 2. The molecule has 1 N–H and O–H groups in total. The molecule has 2 aliphatic heterocycles. The largest absolute Gasteiger partial charge is 0.463 e. The zero-order valence-corrected chi connectivity index (χ0v) is 24.2. The number of rotatable bonds is 8. The van der Waals surface area contributed by atoms with E-state index in [9.17, 15) is 18.0 Å². The van der Waals surface area contributed by atoms with Gasteiger partial charge in [0.05, 0.1) is 23.1 Å². The highest BCUT2D eigenvalue weighted by molar-refractivity contribution is 7.89. The zero-order valence-electron chi connectivity index (χ0n) is 21.9. The topological polar surface area (TPSA) is 99.3 Å². The van der Waals surface area contributed by atoms with Crippen LogP contribution in [0.4, 0.5) is 4.79 Å². The molecule has 1 saturated heterocycles. The van der Waals surface area contributed by atoms with E-state index in [-0.39, 0.29) is 30.6 Å². The van der Waals surface area contributed by atoms with Crippen LogP contribution in [0.3, 0.4) is 0 Å². The smallest absolute Gasteiger partial charge is 0.338 e. The minimum atomic E-state index is -3.69. The standard InChI is InChI=1S/C27H32Cl2N4O5S/c1-3-33-23(24(26(34)38-4-2)25(30-27(33)35)19-7-5-8-21(29)17-19)18-31-13-6-14-32(16-15-31)39(36,37)22-11-9-20(28)10-12-22/h5,7-12,17,25H,3-4,6,13-16,18H2,1-2H3,(H,30,35). The van der Waals surface area contributed by atoms with Crippen LogP contribution in [0, 0.1) is 0 Å². The van der Waals surface area contributed by atoms with Crippen molar-refractivity contribution in [3.8, 4) is 0 Å². The van der Waals surface area contributed by atoms with Crippen molar-refractivity contribution in [2.24, 2.45) is 0 Å². The maximum atomic E-state index is 13.3. The SMILES string of the molecule is CCOC(=O)C1=C(CN2CCCN(S(=O)(=O)c3ccc(Cl)cc3)CC2)N(CC)C(=O)NC1c1cccc(Cl)c1. The molecular formula is C27H32Cl2N4O5S. The number of urea groups is 1. The van der Waals surface area contributed by atoms with E-state index >= 15 is 0 Å². The van der Waals surface area contributed by atoms with Gasteiger partial charge in [0.1, 0.15) is 0 Å². The number of amides is 2. The Bertz CT molecular complexity index is 1350. The first-order chi connectivity index (χ1) is 18.6. The number of likely N-dealkylation sites (N-methyl/N-ethyl adjacent to an activating group) is 1. The van der Waals surface area contributed by atoms with Crippen LogP contribution in [0.2, 0.25) is 10.0 Å². The summed E-state index contributed by atoms with van der Waals surface area (Å²) < 4.78 is 33.4. The van der Waals surface area contributed by atoms with E-state index in [1.807, 2.05) is 6.92 Å². The summed E-state index contributed by atoms with van der Waals surface area (Å²) in [5, 5.41) is 3.89. The Morgan fingerprint density at radius 3 is 2.44 bits per heavy atom. The summed E-state index contributed by atoms with van der Waals surface area (Å²) in [6.07, 6.45) is 0.588. The normalized spacial score (nSPS) is 19.5. The number of nitrogens with one attached hydrogen (secondary N) is 1. The average Bonchev–Trinajstić information content (AvgIpc) is 3.15. The summed E-state index contributed by atoms with van der Waals surface area (Å²) in [5.41, 5.74) is 1.55. The molecule has 0 aliphatic carbocycles. The third-order valence-electron chi connectivity index (χ3n) is 6.80. The van der Waals surface area contributed by atoms with Crippen LogP contribution in [-0.4, -0.2) is 80.4 Å². The van der Waals surface area contributed by atoms with Gasteiger partial charge in [0, 0.05) is 48.5 Å². The predicted octanol–water partition coefficient (Wildman–Crippen LogP) is 4.29. The van der Waals surface area contributed by atoms with Gasteiger partial charge in [-0.05, 0) is 68.8 Å². The van der Waals surface area contributed by atoms with Crippen molar-refractivity contribution < 1.29 is 22.7 Å². The molecule has 0 saturated carbocycles. The molecular weight excluding hydrogens is 563 g/mol. The Balaban J connectivity index is 1.64. The molecule has 1 atom stereocenters. The summed E-state index contributed by atoms with van der Waals surface area (Å²) in [6, 6.07) is 12.1. The first kappa shape index (κ1) is 29.4. The minimum absolute atomic E-state index is 0.180. The fourth-order valence-electron chi connectivity index (χ4n) is 4.91. The number of nitrogens with zero attached hydrogens (tertiary/aromatic N) is 3. The van der Waals surface area contributed by atoms with Crippen molar-refractivity contribution in [2.45, 2.75) is 31.2 Å². The summed E-state index contributed by atoms with van der Waals surface area (Å²) in [6.45, 7) is 6.01. The summed E-state index contributed by atoms with van der Waals surface area (Å²) in [7, 11) is -3.69. The van der Waals surface area contributed by atoms with Gasteiger partial charge in [-0.1, -0.05) is 35.3 Å². The van der Waals surface area contributed by atoms with E-state index in [1.165, 1.54) is 16.4 Å². The van der Waals surface area contributed by atoms with Gasteiger partial charge in [-0.2, -0.15) is 4.31 Å². The molecule has 4 rings (SSSR count). The molecule has 39 heavy (non-hydrogen) atoms. The molecule has 0 spiro atoms. The summed E-state index contributed by atoms with van der Waals surface area (Å²) in [4.78, 5) is 30.3. The number of hydrogen-bond acceptors (Lipinski definition) is 6. The van der Waals surface area contributed by atoms with Gasteiger partial charge >= 0.3 is 12.0 Å². The Kier molecular flexibility index (Phi) is 9.56. The fraction of sp³-hybridized carbons (Fsp3) is 0.407. The van der Waals surface area contributed by atoms with Crippen LogP contribution in [0.15, 0.2) is 64.7 Å². The molecule has 12 heteroatoms. The molecule has 1 unspecified atom stereocenters. The number of hydrogen-bond donors (Lipinski definition) is 1. The van der Waals surface area contributed by atoms with E-state index in [0.29, 0.717) is 59.5 Å².